The van der Waals surface area contributed by atoms with Crippen LogP contribution in [0.15, 0.2) is 30.6 Å². The normalized spacial score (nSPS) is 10.4. The van der Waals surface area contributed by atoms with Gasteiger partial charge in [-0.2, -0.15) is 0 Å². The molecule has 0 atom stereocenters. The second-order valence-corrected chi connectivity index (χ2v) is 4.58. The molecule has 4 nitrogen and oxygen atoms in total. The molecule has 0 spiro atoms. The Morgan fingerprint density at radius 2 is 1.94 bits per heavy atom. The van der Waals surface area contributed by atoms with Crippen LogP contribution in [0.25, 0.3) is 0 Å². The van der Waals surface area contributed by atoms with Crippen LogP contribution in [-0.4, -0.2) is 17.0 Å². The fourth-order valence-electron chi connectivity index (χ4n) is 2.01. The number of hydrogen-bond donors (Lipinski definition) is 1. The molecular weight excluding hydrogens is 224 g/mol. The number of rotatable bonds is 3. The summed E-state index contributed by atoms with van der Waals surface area (Å²) in [5.74, 6) is 0.452. The Kier molecular flexibility index (Phi) is 3.46. The second kappa shape index (κ2) is 5.04. The summed E-state index contributed by atoms with van der Waals surface area (Å²) < 4.78 is 0. The van der Waals surface area contributed by atoms with Gasteiger partial charge in [0.15, 0.2) is 0 Å². The number of benzene rings is 1. The predicted molar refractivity (Wildman–Crippen MR) is 74.5 cm³/mol. The molecule has 1 heterocycles. The number of aryl methyl sites for hydroxylation is 2. The molecule has 0 saturated heterocycles. The smallest absolute Gasteiger partial charge is 0.141 e. The van der Waals surface area contributed by atoms with E-state index in [4.69, 9.17) is 5.73 Å². The lowest BCUT2D eigenvalue weighted by atomic mass is 10.1. The van der Waals surface area contributed by atoms with Gasteiger partial charge < -0.3 is 10.6 Å². The van der Waals surface area contributed by atoms with Crippen LogP contribution in [0.2, 0.25) is 0 Å². The lowest BCUT2D eigenvalue weighted by Gasteiger charge is -2.21. The SMILES string of the molecule is Cc1ccc(N(C)Cc2cnc(N)cn2)c(C)c1. The summed E-state index contributed by atoms with van der Waals surface area (Å²) in [6, 6.07) is 6.43. The zero-order valence-electron chi connectivity index (χ0n) is 11.0. The highest BCUT2D eigenvalue weighted by Gasteiger charge is 2.06. The molecule has 0 radical (unpaired) electrons. The second-order valence-electron chi connectivity index (χ2n) is 4.58. The summed E-state index contributed by atoms with van der Waals surface area (Å²) in [5.41, 5.74) is 10.2. The van der Waals surface area contributed by atoms with Crippen molar-refractivity contribution in [1.29, 1.82) is 0 Å². The molecule has 1 aromatic carbocycles. The highest BCUT2D eigenvalue weighted by Crippen LogP contribution is 2.21. The first kappa shape index (κ1) is 12.4. The van der Waals surface area contributed by atoms with E-state index in [1.807, 2.05) is 0 Å². The minimum atomic E-state index is 0.452. The molecule has 94 valence electrons. The number of anilines is 2. The van der Waals surface area contributed by atoms with Crippen LogP contribution < -0.4 is 10.6 Å². The lowest BCUT2D eigenvalue weighted by Crippen LogP contribution is -2.18. The van der Waals surface area contributed by atoms with E-state index < -0.39 is 0 Å². The van der Waals surface area contributed by atoms with Crippen LogP contribution >= 0.6 is 0 Å². The zero-order valence-corrected chi connectivity index (χ0v) is 11.0. The van der Waals surface area contributed by atoms with Crippen molar-refractivity contribution in [3.05, 3.63) is 47.4 Å². The standard InChI is InChI=1S/C14H18N4/c1-10-4-5-13(11(2)6-10)18(3)9-12-7-17-14(15)8-16-12/h4-8H,9H2,1-3H3,(H2,15,17). The topological polar surface area (TPSA) is 55.0 Å². The van der Waals surface area contributed by atoms with Crippen LogP contribution in [0.5, 0.6) is 0 Å². The molecule has 2 rings (SSSR count). The van der Waals surface area contributed by atoms with Crippen LogP contribution in [0, 0.1) is 13.8 Å². The van der Waals surface area contributed by atoms with E-state index in [9.17, 15) is 0 Å². The van der Waals surface area contributed by atoms with Gasteiger partial charge in [-0.25, -0.2) is 4.98 Å². The summed E-state index contributed by atoms with van der Waals surface area (Å²) in [7, 11) is 2.05. The molecule has 2 N–H and O–H groups in total. The van der Waals surface area contributed by atoms with E-state index in [1.54, 1.807) is 12.4 Å². The van der Waals surface area contributed by atoms with Crippen molar-refractivity contribution in [2.75, 3.05) is 17.7 Å². The molecule has 0 unspecified atom stereocenters. The lowest BCUT2D eigenvalue weighted by molar-refractivity contribution is 0.870. The minimum absolute atomic E-state index is 0.452. The average molecular weight is 242 g/mol. The number of hydrogen-bond acceptors (Lipinski definition) is 4. The van der Waals surface area contributed by atoms with E-state index in [0.29, 0.717) is 5.82 Å². The largest absolute Gasteiger partial charge is 0.382 e. The quantitative estimate of drug-likeness (QED) is 0.897. The minimum Gasteiger partial charge on any atom is -0.382 e. The van der Waals surface area contributed by atoms with Gasteiger partial charge in [-0.1, -0.05) is 17.7 Å². The Morgan fingerprint density at radius 1 is 1.17 bits per heavy atom. The maximum Gasteiger partial charge on any atom is 0.141 e. The third-order valence-corrected chi connectivity index (χ3v) is 2.89. The Bertz CT molecular complexity index is 534. The molecule has 1 aromatic heterocycles. The van der Waals surface area contributed by atoms with Crippen molar-refractivity contribution in [1.82, 2.24) is 9.97 Å². The molecule has 0 saturated carbocycles. The molecule has 0 amide bonds. The van der Waals surface area contributed by atoms with Crippen LogP contribution in [0.3, 0.4) is 0 Å². The number of nitrogens with two attached hydrogens (primary N) is 1. The van der Waals surface area contributed by atoms with Crippen molar-refractivity contribution >= 4 is 11.5 Å². The molecule has 18 heavy (non-hydrogen) atoms. The molecule has 0 bridgehead atoms. The number of aromatic nitrogens is 2. The summed E-state index contributed by atoms with van der Waals surface area (Å²) in [4.78, 5) is 10.5. The van der Waals surface area contributed by atoms with Gasteiger partial charge in [-0.05, 0) is 25.5 Å². The van der Waals surface area contributed by atoms with Gasteiger partial charge in [0.25, 0.3) is 0 Å². The van der Waals surface area contributed by atoms with E-state index >= 15 is 0 Å². The van der Waals surface area contributed by atoms with Gasteiger partial charge in [-0.3, -0.25) is 4.98 Å². The van der Waals surface area contributed by atoms with E-state index in [2.05, 4.69) is 54.0 Å². The average Bonchev–Trinajstić information content (AvgIpc) is 2.32. The summed E-state index contributed by atoms with van der Waals surface area (Å²) in [6.07, 6.45) is 3.31. The fourth-order valence-corrected chi connectivity index (χ4v) is 2.01. The molecule has 0 aliphatic carbocycles. The number of nitrogen functional groups attached to an aromatic ring is 1. The van der Waals surface area contributed by atoms with Crippen LogP contribution in [0.1, 0.15) is 16.8 Å². The Balaban J connectivity index is 2.16. The molecule has 4 heteroatoms. The first-order chi connectivity index (χ1) is 8.56. The van der Waals surface area contributed by atoms with Crippen molar-refractivity contribution in [3.8, 4) is 0 Å². The van der Waals surface area contributed by atoms with Crippen molar-refractivity contribution in [3.63, 3.8) is 0 Å². The monoisotopic (exact) mass is 242 g/mol. The van der Waals surface area contributed by atoms with Gasteiger partial charge in [0.1, 0.15) is 5.82 Å². The Hall–Kier alpha value is -2.10. The molecule has 0 fully saturated rings. The molecule has 0 aliphatic rings. The Labute approximate surface area is 107 Å². The summed E-state index contributed by atoms with van der Waals surface area (Å²) in [6.45, 7) is 4.94. The first-order valence-corrected chi connectivity index (χ1v) is 5.91. The Morgan fingerprint density at radius 3 is 2.56 bits per heavy atom. The third kappa shape index (κ3) is 2.77. The highest BCUT2D eigenvalue weighted by atomic mass is 15.1. The maximum absolute atomic E-state index is 5.52. The van der Waals surface area contributed by atoms with Crippen molar-refractivity contribution in [2.45, 2.75) is 20.4 Å². The highest BCUT2D eigenvalue weighted by molar-refractivity contribution is 5.53. The van der Waals surface area contributed by atoms with Gasteiger partial charge in [0.05, 0.1) is 24.6 Å². The predicted octanol–water partition coefficient (Wildman–Crippen LogP) is 2.31. The summed E-state index contributed by atoms with van der Waals surface area (Å²) in [5, 5.41) is 0. The van der Waals surface area contributed by atoms with E-state index in [-0.39, 0.29) is 0 Å². The zero-order chi connectivity index (χ0) is 13.1. The van der Waals surface area contributed by atoms with Crippen LogP contribution in [-0.2, 0) is 6.54 Å². The molecule has 2 aromatic rings. The maximum atomic E-state index is 5.52. The molecular formula is C14H18N4. The van der Waals surface area contributed by atoms with Gasteiger partial charge >= 0.3 is 0 Å². The van der Waals surface area contributed by atoms with Crippen LogP contribution in [0.4, 0.5) is 11.5 Å². The van der Waals surface area contributed by atoms with Crippen molar-refractivity contribution in [2.24, 2.45) is 0 Å². The van der Waals surface area contributed by atoms with Gasteiger partial charge in [0.2, 0.25) is 0 Å². The van der Waals surface area contributed by atoms with Gasteiger partial charge in [0, 0.05) is 12.7 Å². The molecule has 0 aliphatic heterocycles. The van der Waals surface area contributed by atoms with E-state index in [1.165, 1.54) is 16.8 Å². The fraction of sp³-hybridized carbons (Fsp3) is 0.286. The first-order valence-electron chi connectivity index (χ1n) is 5.91. The summed E-state index contributed by atoms with van der Waals surface area (Å²) >= 11 is 0. The van der Waals surface area contributed by atoms with E-state index in [0.717, 1.165) is 12.2 Å². The van der Waals surface area contributed by atoms with Crippen molar-refractivity contribution < 1.29 is 0 Å². The number of nitrogens with zero attached hydrogens (tertiary/aromatic N) is 3. The van der Waals surface area contributed by atoms with Gasteiger partial charge in [-0.15, -0.1) is 0 Å². The third-order valence-electron chi connectivity index (χ3n) is 2.89.